The van der Waals surface area contributed by atoms with Crippen LogP contribution in [0, 0.1) is 0 Å². The Kier molecular flexibility index (Phi) is 4.90. The van der Waals surface area contributed by atoms with Crippen molar-refractivity contribution in [2.75, 3.05) is 6.54 Å². The second kappa shape index (κ2) is 6.66. The zero-order valence-electron chi connectivity index (χ0n) is 11.0. The minimum atomic E-state index is 0.411. The summed E-state index contributed by atoms with van der Waals surface area (Å²) in [6, 6.07) is 6.81. The Morgan fingerprint density at radius 3 is 2.89 bits per heavy atom. The summed E-state index contributed by atoms with van der Waals surface area (Å²) in [4.78, 5) is 5.67. The second-order valence-electron chi connectivity index (χ2n) is 4.34. The fourth-order valence-corrected chi connectivity index (χ4v) is 3.28. The minimum absolute atomic E-state index is 0.411. The number of likely N-dealkylation sites (N-methyl/N-ethyl adjacent to an activating group) is 1. The molecule has 2 aromatic rings. The highest BCUT2D eigenvalue weighted by Gasteiger charge is 2.15. The molecular formula is C15H20N2S. The summed E-state index contributed by atoms with van der Waals surface area (Å²) >= 11 is 1.86. The van der Waals surface area contributed by atoms with Gasteiger partial charge in [0.2, 0.25) is 0 Å². The van der Waals surface area contributed by atoms with Gasteiger partial charge < -0.3 is 5.32 Å². The lowest BCUT2D eigenvalue weighted by Crippen LogP contribution is -2.23. The molecule has 0 fully saturated rings. The number of rotatable bonds is 6. The van der Waals surface area contributed by atoms with Crippen LogP contribution in [0.25, 0.3) is 0 Å². The Morgan fingerprint density at radius 1 is 1.33 bits per heavy atom. The van der Waals surface area contributed by atoms with Gasteiger partial charge in [0.15, 0.2) is 0 Å². The molecular weight excluding hydrogens is 240 g/mol. The number of pyridine rings is 1. The van der Waals surface area contributed by atoms with Crippen molar-refractivity contribution in [1.82, 2.24) is 10.3 Å². The summed E-state index contributed by atoms with van der Waals surface area (Å²) < 4.78 is 0. The van der Waals surface area contributed by atoms with Crippen molar-refractivity contribution in [1.29, 1.82) is 0 Å². The van der Waals surface area contributed by atoms with Crippen LogP contribution in [0.5, 0.6) is 0 Å². The average Bonchev–Trinajstić information content (AvgIpc) is 2.87. The maximum absolute atomic E-state index is 4.20. The highest BCUT2D eigenvalue weighted by Crippen LogP contribution is 2.27. The Labute approximate surface area is 113 Å². The third-order valence-corrected chi connectivity index (χ3v) is 4.16. The molecule has 2 rings (SSSR count). The number of nitrogens with one attached hydrogen (secondary N) is 1. The van der Waals surface area contributed by atoms with Crippen molar-refractivity contribution in [3.05, 3.63) is 52.0 Å². The molecule has 0 saturated carbocycles. The van der Waals surface area contributed by atoms with Crippen LogP contribution < -0.4 is 5.32 Å². The lowest BCUT2D eigenvalue weighted by atomic mass is 10.0. The van der Waals surface area contributed by atoms with Gasteiger partial charge in [-0.3, -0.25) is 4.98 Å². The number of thiophene rings is 1. The predicted octanol–water partition coefficient (Wildman–Crippen LogP) is 3.60. The van der Waals surface area contributed by atoms with Gasteiger partial charge in [-0.2, -0.15) is 0 Å². The lowest BCUT2D eigenvalue weighted by Gasteiger charge is -2.18. The lowest BCUT2D eigenvalue weighted by molar-refractivity contribution is 0.554. The van der Waals surface area contributed by atoms with Gasteiger partial charge in [-0.1, -0.05) is 19.9 Å². The molecule has 18 heavy (non-hydrogen) atoms. The van der Waals surface area contributed by atoms with E-state index in [1.165, 1.54) is 16.0 Å². The van der Waals surface area contributed by atoms with Crippen molar-refractivity contribution in [3.63, 3.8) is 0 Å². The summed E-state index contributed by atoms with van der Waals surface area (Å²) in [6.07, 6.45) is 5.90. The highest BCUT2D eigenvalue weighted by atomic mass is 32.1. The summed E-state index contributed by atoms with van der Waals surface area (Å²) in [5.41, 5.74) is 2.76. The number of hydrogen-bond acceptors (Lipinski definition) is 3. The molecule has 1 N–H and O–H groups in total. The van der Waals surface area contributed by atoms with Gasteiger partial charge in [0.25, 0.3) is 0 Å². The molecule has 2 nitrogen and oxygen atoms in total. The van der Waals surface area contributed by atoms with Crippen LogP contribution >= 0.6 is 11.3 Å². The van der Waals surface area contributed by atoms with Crippen molar-refractivity contribution >= 4 is 11.3 Å². The largest absolute Gasteiger partial charge is 0.309 e. The van der Waals surface area contributed by atoms with E-state index in [9.17, 15) is 0 Å². The maximum Gasteiger partial charge on any atom is 0.0458 e. The molecule has 2 aromatic heterocycles. The second-order valence-corrected chi connectivity index (χ2v) is 5.29. The fourth-order valence-electron chi connectivity index (χ4n) is 2.20. The molecule has 0 saturated heterocycles. The van der Waals surface area contributed by atoms with E-state index < -0.39 is 0 Å². The van der Waals surface area contributed by atoms with Crippen LogP contribution in [0.2, 0.25) is 0 Å². The molecule has 0 radical (unpaired) electrons. The van der Waals surface area contributed by atoms with E-state index >= 15 is 0 Å². The van der Waals surface area contributed by atoms with Crippen LogP contribution in [-0.2, 0) is 12.8 Å². The quantitative estimate of drug-likeness (QED) is 0.858. The fraction of sp³-hybridized carbons (Fsp3) is 0.400. The molecule has 3 heteroatoms. The number of hydrogen-bond donors (Lipinski definition) is 1. The minimum Gasteiger partial charge on any atom is -0.309 e. The molecule has 0 aliphatic rings. The van der Waals surface area contributed by atoms with E-state index in [1.807, 2.05) is 29.8 Å². The number of aromatic nitrogens is 1. The van der Waals surface area contributed by atoms with Crippen molar-refractivity contribution in [2.24, 2.45) is 0 Å². The van der Waals surface area contributed by atoms with Gasteiger partial charge in [0.05, 0.1) is 0 Å². The zero-order valence-corrected chi connectivity index (χ0v) is 11.8. The van der Waals surface area contributed by atoms with Crippen LogP contribution in [0.15, 0.2) is 36.0 Å². The van der Waals surface area contributed by atoms with Gasteiger partial charge in [0.1, 0.15) is 0 Å². The van der Waals surface area contributed by atoms with Gasteiger partial charge in [-0.25, -0.2) is 0 Å². The van der Waals surface area contributed by atoms with E-state index in [0.29, 0.717) is 6.04 Å². The SMILES string of the molecule is CCNC(Cc1cccnc1)c1sccc1CC. The molecule has 0 bridgehead atoms. The molecule has 2 heterocycles. The van der Waals surface area contributed by atoms with E-state index in [-0.39, 0.29) is 0 Å². The first kappa shape index (κ1) is 13.2. The molecule has 0 aliphatic carbocycles. The smallest absolute Gasteiger partial charge is 0.0458 e. The monoisotopic (exact) mass is 260 g/mol. The standard InChI is InChI=1S/C15H20N2S/c1-3-13-7-9-18-15(13)14(17-4-2)10-12-6-5-8-16-11-12/h5-9,11,14,17H,3-4,10H2,1-2H3. The molecule has 1 unspecified atom stereocenters. The van der Waals surface area contributed by atoms with E-state index in [1.54, 1.807) is 0 Å². The molecule has 0 aromatic carbocycles. The Hall–Kier alpha value is -1.19. The van der Waals surface area contributed by atoms with E-state index in [4.69, 9.17) is 0 Å². The first-order chi connectivity index (χ1) is 8.85. The Morgan fingerprint density at radius 2 is 2.22 bits per heavy atom. The van der Waals surface area contributed by atoms with Gasteiger partial charge >= 0.3 is 0 Å². The van der Waals surface area contributed by atoms with Crippen LogP contribution in [0.4, 0.5) is 0 Å². The topological polar surface area (TPSA) is 24.9 Å². The third kappa shape index (κ3) is 3.18. The van der Waals surface area contributed by atoms with Crippen LogP contribution in [0.1, 0.15) is 35.9 Å². The van der Waals surface area contributed by atoms with Crippen LogP contribution in [0.3, 0.4) is 0 Å². The molecule has 0 aliphatic heterocycles. The first-order valence-corrected chi connectivity index (χ1v) is 7.41. The number of aryl methyl sites for hydroxylation is 1. The van der Waals surface area contributed by atoms with Crippen LogP contribution in [-0.4, -0.2) is 11.5 Å². The molecule has 1 atom stereocenters. The van der Waals surface area contributed by atoms with Crippen molar-refractivity contribution < 1.29 is 0 Å². The van der Waals surface area contributed by atoms with E-state index in [2.05, 4.69) is 41.7 Å². The highest BCUT2D eigenvalue weighted by molar-refractivity contribution is 7.10. The Bertz CT molecular complexity index is 464. The first-order valence-electron chi connectivity index (χ1n) is 6.53. The molecule has 0 amide bonds. The third-order valence-electron chi connectivity index (χ3n) is 3.09. The summed E-state index contributed by atoms with van der Waals surface area (Å²) in [5.74, 6) is 0. The van der Waals surface area contributed by atoms with Gasteiger partial charge in [0, 0.05) is 23.3 Å². The van der Waals surface area contributed by atoms with Gasteiger partial charge in [-0.15, -0.1) is 11.3 Å². The molecule has 96 valence electrons. The maximum atomic E-state index is 4.20. The van der Waals surface area contributed by atoms with Crippen molar-refractivity contribution in [3.8, 4) is 0 Å². The Balaban J connectivity index is 2.18. The van der Waals surface area contributed by atoms with Crippen molar-refractivity contribution in [2.45, 2.75) is 32.7 Å². The predicted molar refractivity (Wildman–Crippen MR) is 78.1 cm³/mol. The van der Waals surface area contributed by atoms with Gasteiger partial charge in [-0.05, 0) is 48.0 Å². The summed E-state index contributed by atoms with van der Waals surface area (Å²) in [5, 5.41) is 5.79. The normalized spacial score (nSPS) is 12.6. The number of nitrogens with zero attached hydrogens (tertiary/aromatic N) is 1. The summed E-state index contributed by atoms with van der Waals surface area (Å²) in [7, 11) is 0. The average molecular weight is 260 g/mol. The van der Waals surface area contributed by atoms with E-state index in [0.717, 1.165) is 19.4 Å². The molecule has 0 spiro atoms. The summed E-state index contributed by atoms with van der Waals surface area (Å²) in [6.45, 7) is 5.38. The zero-order chi connectivity index (χ0) is 12.8.